The first kappa shape index (κ1) is 21.4. The van der Waals surface area contributed by atoms with E-state index in [2.05, 4.69) is 14.9 Å². The molecule has 0 unspecified atom stereocenters. The third-order valence-corrected chi connectivity index (χ3v) is 7.19. The lowest BCUT2D eigenvalue weighted by Gasteiger charge is -2.20. The lowest BCUT2D eigenvalue weighted by Crippen LogP contribution is -2.23. The molecule has 1 aliphatic rings. The Labute approximate surface area is 189 Å². The Morgan fingerprint density at radius 3 is 2.82 bits per heavy atom. The number of aromatic nitrogens is 3. The van der Waals surface area contributed by atoms with Gasteiger partial charge < -0.3 is 13.7 Å². The first-order valence-electron chi connectivity index (χ1n) is 10.5. The standard InChI is InChI=1S/C22H22N4O6S/c1-30-16-7-2-4-14(10-16)12-23-33(28,29)17-8-9-18-19(11-17)31-22(27)26(18)13-20-24-21(32-25-20)15-5-3-6-15/h2,4,7-11,15,23H,3,5-6,12-13H2,1H3. The van der Waals surface area contributed by atoms with Gasteiger partial charge in [-0.2, -0.15) is 4.98 Å². The predicted octanol–water partition coefficient (Wildman–Crippen LogP) is 2.78. The fraction of sp³-hybridized carbons (Fsp3) is 0.318. The highest BCUT2D eigenvalue weighted by Crippen LogP contribution is 2.35. The lowest BCUT2D eigenvalue weighted by molar-refractivity contribution is 0.291. The van der Waals surface area contributed by atoms with Crippen LogP contribution in [0.25, 0.3) is 11.1 Å². The molecule has 1 aliphatic carbocycles. The van der Waals surface area contributed by atoms with Crippen LogP contribution in [0.4, 0.5) is 0 Å². The van der Waals surface area contributed by atoms with E-state index in [1.807, 2.05) is 0 Å². The minimum atomic E-state index is -3.84. The fourth-order valence-corrected chi connectivity index (χ4v) is 4.73. The summed E-state index contributed by atoms with van der Waals surface area (Å²) in [4.78, 5) is 16.8. The van der Waals surface area contributed by atoms with Crippen LogP contribution in [-0.4, -0.2) is 30.2 Å². The second kappa shape index (κ2) is 8.49. The Kier molecular flexibility index (Phi) is 5.51. The van der Waals surface area contributed by atoms with Crippen LogP contribution in [0.1, 0.15) is 42.5 Å². The summed E-state index contributed by atoms with van der Waals surface area (Å²) in [7, 11) is -2.29. The summed E-state index contributed by atoms with van der Waals surface area (Å²) in [5.41, 5.74) is 1.35. The fourth-order valence-electron chi connectivity index (χ4n) is 3.70. The van der Waals surface area contributed by atoms with E-state index in [0.29, 0.717) is 28.9 Å². The highest BCUT2D eigenvalue weighted by Gasteiger charge is 2.26. The average molecular weight is 471 g/mol. The van der Waals surface area contributed by atoms with Crippen LogP contribution in [0.2, 0.25) is 0 Å². The Morgan fingerprint density at radius 1 is 1.21 bits per heavy atom. The third kappa shape index (κ3) is 4.29. The second-order valence-corrected chi connectivity index (χ2v) is 9.70. The molecule has 4 aromatic rings. The average Bonchev–Trinajstić information content (AvgIpc) is 3.35. The van der Waals surface area contributed by atoms with E-state index in [9.17, 15) is 13.2 Å². The van der Waals surface area contributed by atoms with Gasteiger partial charge in [-0.25, -0.2) is 17.9 Å². The molecule has 0 amide bonds. The van der Waals surface area contributed by atoms with Crippen LogP contribution in [0.15, 0.2) is 61.1 Å². The Bertz CT molecular complexity index is 1470. The summed E-state index contributed by atoms with van der Waals surface area (Å²) in [5, 5.41) is 3.96. The molecule has 0 spiro atoms. The molecular weight excluding hydrogens is 448 g/mol. The monoisotopic (exact) mass is 470 g/mol. The number of nitrogens with zero attached hydrogens (tertiary/aromatic N) is 3. The summed E-state index contributed by atoms with van der Waals surface area (Å²) in [6.45, 7) is 0.159. The van der Waals surface area contributed by atoms with Crippen molar-refractivity contribution in [3.8, 4) is 5.75 Å². The second-order valence-electron chi connectivity index (χ2n) is 7.94. The van der Waals surface area contributed by atoms with Gasteiger partial charge in [0.25, 0.3) is 0 Å². The maximum Gasteiger partial charge on any atom is 0.420 e. The first-order valence-corrected chi connectivity index (χ1v) is 12.0. The van der Waals surface area contributed by atoms with Gasteiger partial charge in [0, 0.05) is 18.5 Å². The molecule has 11 heteroatoms. The van der Waals surface area contributed by atoms with Crippen LogP contribution < -0.4 is 15.2 Å². The number of nitrogens with one attached hydrogen (secondary N) is 1. The number of oxazole rings is 1. The van der Waals surface area contributed by atoms with Crippen molar-refractivity contribution in [2.75, 3.05) is 7.11 Å². The molecule has 2 heterocycles. The van der Waals surface area contributed by atoms with Gasteiger partial charge in [-0.05, 0) is 42.7 Å². The summed E-state index contributed by atoms with van der Waals surface area (Å²) in [6.07, 6.45) is 3.20. The van der Waals surface area contributed by atoms with Crippen molar-refractivity contribution in [2.45, 2.75) is 43.2 Å². The van der Waals surface area contributed by atoms with Crippen molar-refractivity contribution >= 4 is 21.1 Å². The molecular formula is C22H22N4O6S. The van der Waals surface area contributed by atoms with Crippen molar-refractivity contribution < 1.29 is 22.1 Å². The van der Waals surface area contributed by atoms with Gasteiger partial charge in [0.2, 0.25) is 15.9 Å². The number of hydrogen-bond donors (Lipinski definition) is 1. The third-order valence-electron chi connectivity index (χ3n) is 5.79. The number of ether oxygens (including phenoxy) is 1. The van der Waals surface area contributed by atoms with Crippen LogP contribution >= 0.6 is 0 Å². The molecule has 1 saturated carbocycles. The zero-order valence-corrected chi connectivity index (χ0v) is 18.7. The van der Waals surface area contributed by atoms with Gasteiger partial charge in [-0.1, -0.05) is 23.7 Å². The molecule has 5 rings (SSSR count). The van der Waals surface area contributed by atoms with Crippen molar-refractivity contribution in [2.24, 2.45) is 0 Å². The summed E-state index contributed by atoms with van der Waals surface area (Å²) < 4.78 is 45.2. The molecule has 0 aliphatic heterocycles. The molecule has 172 valence electrons. The summed E-state index contributed by atoms with van der Waals surface area (Å²) in [6, 6.07) is 11.4. The molecule has 33 heavy (non-hydrogen) atoms. The predicted molar refractivity (Wildman–Crippen MR) is 117 cm³/mol. The van der Waals surface area contributed by atoms with Gasteiger partial charge in [-0.15, -0.1) is 0 Å². The molecule has 2 aromatic heterocycles. The van der Waals surface area contributed by atoms with Gasteiger partial charge in [0.15, 0.2) is 11.4 Å². The van der Waals surface area contributed by atoms with Crippen molar-refractivity contribution in [3.63, 3.8) is 0 Å². The van der Waals surface area contributed by atoms with E-state index in [-0.39, 0.29) is 23.6 Å². The van der Waals surface area contributed by atoms with Crippen molar-refractivity contribution in [1.82, 2.24) is 19.4 Å². The van der Waals surface area contributed by atoms with Gasteiger partial charge in [-0.3, -0.25) is 4.57 Å². The van der Waals surface area contributed by atoms with E-state index < -0.39 is 15.8 Å². The van der Waals surface area contributed by atoms with E-state index >= 15 is 0 Å². The molecule has 0 bridgehead atoms. The molecule has 10 nitrogen and oxygen atoms in total. The smallest absolute Gasteiger partial charge is 0.420 e. The van der Waals surface area contributed by atoms with Gasteiger partial charge in [0.1, 0.15) is 5.75 Å². The minimum Gasteiger partial charge on any atom is -0.497 e. The summed E-state index contributed by atoms with van der Waals surface area (Å²) in [5.74, 6) is 1.27. The number of hydrogen-bond acceptors (Lipinski definition) is 8. The lowest BCUT2D eigenvalue weighted by atomic mass is 9.85. The zero-order valence-electron chi connectivity index (χ0n) is 17.9. The van der Waals surface area contributed by atoms with E-state index in [4.69, 9.17) is 13.7 Å². The van der Waals surface area contributed by atoms with Crippen molar-refractivity contribution in [1.29, 1.82) is 0 Å². The number of fused-ring (bicyclic) bond motifs is 1. The van der Waals surface area contributed by atoms with E-state index in [1.165, 1.54) is 22.8 Å². The largest absolute Gasteiger partial charge is 0.497 e. The summed E-state index contributed by atoms with van der Waals surface area (Å²) >= 11 is 0. The highest BCUT2D eigenvalue weighted by atomic mass is 32.2. The van der Waals surface area contributed by atoms with Gasteiger partial charge in [0.05, 0.1) is 24.1 Å². The van der Waals surface area contributed by atoms with Crippen molar-refractivity contribution in [3.05, 3.63) is 70.3 Å². The topological polar surface area (TPSA) is 129 Å². The molecule has 0 atom stereocenters. The molecule has 0 radical (unpaired) electrons. The number of benzene rings is 2. The quantitative estimate of drug-likeness (QED) is 0.416. The van der Waals surface area contributed by atoms with Gasteiger partial charge >= 0.3 is 5.76 Å². The zero-order chi connectivity index (χ0) is 23.0. The SMILES string of the molecule is COc1cccc(CNS(=O)(=O)c2ccc3c(c2)oc(=O)n3Cc2noc(C3CCC3)n2)c1. The molecule has 0 saturated heterocycles. The number of rotatable bonds is 8. The number of methoxy groups -OCH3 is 1. The first-order chi connectivity index (χ1) is 15.9. The minimum absolute atomic E-state index is 0.00868. The number of sulfonamides is 1. The maximum absolute atomic E-state index is 12.8. The Morgan fingerprint density at radius 2 is 2.06 bits per heavy atom. The maximum atomic E-state index is 12.8. The van der Waals surface area contributed by atoms with E-state index in [0.717, 1.165) is 24.8 Å². The van der Waals surface area contributed by atoms with Crippen LogP contribution in [-0.2, 0) is 23.1 Å². The Hall–Kier alpha value is -3.44. The molecule has 1 N–H and O–H groups in total. The van der Waals surface area contributed by atoms with Crippen LogP contribution in [0.5, 0.6) is 5.75 Å². The highest BCUT2D eigenvalue weighted by molar-refractivity contribution is 7.89. The normalized spacial score (nSPS) is 14.5. The van der Waals surface area contributed by atoms with Crippen LogP contribution in [0, 0.1) is 0 Å². The van der Waals surface area contributed by atoms with E-state index in [1.54, 1.807) is 31.4 Å². The molecule has 2 aromatic carbocycles. The molecule has 1 fully saturated rings. The van der Waals surface area contributed by atoms with Crippen LogP contribution in [0.3, 0.4) is 0 Å². The Balaban J connectivity index is 1.36.